The quantitative estimate of drug-likeness (QED) is 0.309. The first-order chi connectivity index (χ1) is 14.7. The van der Waals surface area contributed by atoms with Gasteiger partial charge in [-0.15, -0.1) is 0 Å². The van der Waals surface area contributed by atoms with Crippen molar-refractivity contribution >= 4 is 33.3 Å². The molecule has 0 atom stereocenters. The van der Waals surface area contributed by atoms with E-state index in [0.29, 0.717) is 11.3 Å². The molecule has 4 heteroatoms. The highest BCUT2D eigenvalue weighted by molar-refractivity contribution is 6.11. The van der Waals surface area contributed by atoms with Gasteiger partial charge in [0.25, 0.3) is 5.91 Å². The van der Waals surface area contributed by atoms with Crippen LogP contribution in [0.25, 0.3) is 32.9 Å². The molecule has 4 nitrogen and oxygen atoms in total. The van der Waals surface area contributed by atoms with Crippen LogP contribution in [0.2, 0.25) is 0 Å². The molecule has 5 rings (SSSR count). The molecule has 0 saturated carbocycles. The summed E-state index contributed by atoms with van der Waals surface area (Å²) in [5.41, 5.74) is 2.26. The van der Waals surface area contributed by atoms with Crippen LogP contribution in [0.1, 0.15) is 10.4 Å². The van der Waals surface area contributed by atoms with E-state index in [1.165, 1.54) is 0 Å². The van der Waals surface area contributed by atoms with Gasteiger partial charge in [0.2, 0.25) is 0 Å². The number of amides is 1. The maximum atomic E-state index is 13.0. The normalized spacial score (nSPS) is 10.9. The standard InChI is InChI=1S/C26H17NO3/c28-25(27-23-13-7-6-12-20(23)17-8-2-1-3-9-17)22-16-21-19-11-5-4-10-18(19)14-15-24(21)30-26(22)29/h1-16H,(H,27,28). The van der Waals surface area contributed by atoms with E-state index in [-0.39, 0.29) is 5.56 Å². The van der Waals surface area contributed by atoms with E-state index in [4.69, 9.17) is 4.42 Å². The first-order valence-corrected chi connectivity index (χ1v) is 9.62. The minimum absolute atomic E-state index is 0.0262. The van der Waals surface area contributed by atoms with Crippen molar-refractivity contribution in [3.05, 3.63) is 113 Å². The molecule has 1 heterocycles. The predicted molar refractivity (Wildman–Crippen MR) is 120 cm³/mol. The van der Waals surface area contributed by atoms with Crippen LogP contribution in [0.3, 0.4) is 0 Å². The number of anilines is 1. The monoisotopic (exact) mass is 391 g/mol. The number of nitrogens with one attached hydrogen (secondary N) is 1. The topological polar surface area (TPSA) is 59.3 Å². The molecule has 0 spiro atoms. The first kappa shape index (κ1) is 17.9. The number of fused-ring (bicyclic) bond motifs is 3. The maximum absolute atomic E-state index is 13.0. The number of para-hydroxylation sites is 1. The van der Waals surface area contributed by atoms with Crippen molar-refractivity contribution in [3.8, 4) is 11.1 Å². The van der Waals surface area contributed by atoms with Gasteiger partial charge in [0.1, 0.15) is 11.1 Å². The smallest absolute Gasteiger partial charge is 0.349 e. The summed E-state index contributed by atoms with van der Waals surface area (Å²) in [6, 6.07) is 30.3. The molecule has 1 amide bonds. The summed E-state index contributed by atoms with van der Waals surface area (Å²) < 4.78 is 5.46. The maximum Gasteiger partial charge on any atom is 0.349 e. The summed E-state index contributed by atoms with van der Waals surface area (Å²) in [5.74, 6) is -0.498. The summed E-state index contributed by atoms with van der Waals surface area (Å²) >= 11 is 0. The fourth-order valence-electron chi connectivity index (χ4n) is 3.68. The Balaban J connectivity index is 1.59. The van der Waals surface area contributed by atoms with Gasteiger partial charge >= 0.3 is 5.63 Å². The van der Waals surface area contributed by atoms with Crippen molar-refractivity contribution in [1.29, 1.82) is 0 Å². The molecule has 1 aromatic heterocycles. The van der Waals surface area contributed by atoms with E-state index >= 15 is 0 Å². The van der Waals surface area contributed by atoms with E-state index in [0.717, 1.165) is 27.3 Å². The molecule has 0 fully saturated rings. The van der Waals surface area contributed by atoms with Crippen molar-refractivity contribution < 1.29 is 9.21 Å². The fraction of sp³-hybridized carbons (Fsp3) is 0. The zero-order valence-corrected chi connectivity index (χ0v) is 16.0. The van der Waals surface area contributed by atoms with E-state index in [2.05, 4.69) is 5.32 Å². The van der Waals surface area contributed by atoms with Crippen LogP contribution in [0, 0.1) is 0 Å². The molecule has 0 bridgehead atoms. The van der Waals surface area contributed by atoms with Crippen LogP contribution in [0.5, 0.6) is 0 Å². The highest BCUT2D eigenvalue weighted by Crippen LogP contribution is 2.29. The summed E-state index contributed by atoms with van der Waals surface area (Å²) in [7, 11) is 0. The Kier molecular flexibility index (Phi) is 4.37. The van der Waals surface area contributed by atoms with Gasteiger partial charge in [0, 0.05) is 16.6 Å². The molecule has 0 saturated heterocycles. The molecule has 0 aliphatic rings. The minimum Gasteiger partial charge on any atom is -0.422 e. The van der Waals surface area contributed by atoms with Gasteiger partial charge in [-0.25, -0.2) is 4.79 Å². The van der Waals surface area contributed by atoms with E-state index < -0.39 is 11.5 Å². The Morgan fingerprint density at radius 2 is 1.47 bits per heavy atom. The summed E-state index contributed by atoms with van der Waals surface area (Å²) in [6.45, 7) is 0. The van der Waals surface area contributed by atoms with Crippen LogP contribution in [-0.4, -0.2) is 5.91 Å². The largest absolute Gasteiger partial charge is 0.422 e. The lowest BCUT2D eigenvalue weighted by Gasteiger charge is -2.11. The number of carbonyl (C=O) groups is 1. The first-order valence-electron chi connectivity index (χ1n) is 9.62. The molecule has 30 heavy (non-hydrogen) atoms. The third kappa shape index (κ3) is 3.14. The second-order valence-corrected chi connectivity index (χ2v) is 7.01. The summed E-state index contributed by atoms with van der Waals surface area (Å²) in [6.07, 6.45) is 0. The molecule has 0 radical (unpaired) electrons. The number of hydrogen-bond donors (Lipinski definition) is 1. The molecular weight excluding hydrogens is 374 g/mol. The van der Waals surface area contributed by atoms with Crippen LogP contribution in [0.4, 0.5) is 5.69 Å². The molecule has 0 aliphatic heterocycles. The van der Waals surface area contributed by atoms with E-state index in [1.54, 1.807) is 12.1 Å². The fourth-order valence-corrected chi connectivity index (χ4v) is 3.68. The number of hydrogen-bond acceptors (Lipinski definition) is 3. The summed E-state index contributed by atoms with van der Waals surface area (Å²) in [5, 5.41) is 5.55. The Bertz CT molecular complexity index is 1450. The van der Waals surface area contributed by atoms with Gasteiger partial charge in [-0.3, -0.25) is 4.79 Å². The highest BCUT2D eigenvalue weighted by atomic mass is 16.4. The van der Waals surface area contributed by atoms with Crippen LogP contribution in [0.15, 0.2) is 106 Å². The average Bonchev–Trinajstić information content (AvgIpc) is 2.79. The Hall–Kier alpha value is -4.18. The predicted octanol–water partition coefficient (Wildman–Crippen LogP) is 5.87. The van der Waals surface area contributed by atoms with Crippen molar-refractivity contribution in [1.82, 2.24) is 0 Å². The minimum atomic E-state index is -0.660. The van der Waals surface area contributed by atoms with Crippen LogP contribution < -0.4 is 10.9 Å². The molecular formula is C26H17NO3. The number of rotatable bonds is 3. The second-order valence-electron chi connectivity index (χ2n) is 7.01. The zero-order chi connectivity index (χ0) is 20.5. The lowest BCUT2D eigenvalue weighted by atomic mass is 10.0. The van der Waals surface area contributed by atoms with Crippen molar-refractivity contribution in [2.75, 3.05) is 5.32 Å². The number of benzene rings is 4. The van der Waals surface area contributed by atoms with Gasteiger partial charge in [-0.1, -0.05) is 78.9 Å². The van der Waals surface area contributed by atoms with Crippen molar-refractivity contribution in [3.63, 3.8) is 0 Å². The van der Waals surface area contributed by atoms with Gasteiger partial charge < -0.3 is 9.73 Å². The molecule has 0 unspecified atom stereocenters. The second kappa shape index (κ2) is 7.33. The number of carbonyl (C=O) groups excluding carboxylic acids is 1. The Morgan fingerprint density at radius 1 is 0.733 bits per heavy atom. The van der Waals surface area contributed by atoms with Crippen molar-refractivity contribution in [2.24, 2.45) is 0 Å². The highest BCUT2D eigenvalue weighted by Gasteiger charge is 2.16. The summed E-state index contributed by atoms with van der Waals surface area (Å²) in [4.78, 5) is 25.6. The van der Waals surface area contributed by atoms with Crippen molar-refractivity contribution in [2.45, 2.75) is 0 Å². The lowest BCUT2D eigenvalue weighted by molar-refractivity contribution is 0.102. The molecule has 144 valence electrons. The van der Waals surface area contributed by atoms with Gasteiger partial charge in [-0.2, -0.15) is 0 Å². The average molecular weight is 391 g/mol. The zero-order valence-electron chi connectivity index (χ0n) is 16.0. The lowest BCUT2D eigenvalue weighted by Crippen LogP contribution is -2.21. The molecule has 1 N–H and O–H groups in total. The molecule has 5 aromatic rings. The third-order valence-corrected chi connectivity index (χ3v) is 5.15. The van der Waals surface area contributed by atoms with E-state index in [9.17, 15) is 9.59 Å². The van der Waals surface area contributed by atoms with Gasteiger partial charge in [0.15, 0.2) is 0 Å². The Morgan fingerprint density at radius 3 is 2.33 bits per heavy atom. The SMILES string of the molecule is O=C(Nc1ccccc1-c1ccccc1)c1cc2c(ccc3ccccc32)oc1=O. The van der Waals surface area contributed by atoms with Gasteiger partial charge in [-0.05, 0) is 34.5 Å². The van der Waals surface area contributed by atoms with Crippen LogP contribution in [-0.2, 0) is 0 Å². The van der Waals surface area contributed by atoms with Crippen LogP contribution >= 0.6 is 0 Å². The molecule has 4 aromatic carbocycles. The third-order valence-electron chi connectivity index (χ3n) is 5.15. The van der Waals surface area contributed by atoms with Gasteiger partial charge in [0.05, 0.1) is 0 Å². The molecule has 0 aliphatic carbocycles. The van der Waals surface area contributed by atoms with E-state index in [1.807, 2.05) is 84.9 Å². The Labute approximate surface area is 172 Å².